The maximum absolute atomic E-state index is 9.36. The number of rotatable bonds is 4. The van der Waals surface area contributed by atoms with E-state index < -0.39 is 0 Å². The second kappa shape index (κ2) is 5.14. The van der Waals surface area contributed by atoms with Crippen LogP contribution in [-0.2, 0) is 6.61 Å². The summed E-state index contributed by atoms with van der Waals surface area (Å²) < 4.78 is 5.41. The third-order valence-electron chi connectivity index (χ3n) is 2.39. The Morgan fingerprint density at radius 1 is 1.31 bits per heavy atom. The van der Waals surface area contributed by atoms with Gasteiger partial charge < -0.3 is 9.84 Å². The van der Waals surface area contributed by atoms with Gasteiger partial charge in [-0.2, -0.15) is 11.3 Å². The quantitative estimate of drug-likeness (QED) is 0.879. The molecule has 0 fully saturated rings. The van der Waals surface area contributed by atoms with Crippen LogP contribution in [0, 0.1) is 0 Å². The molecule has 0 bridgehead atoms. The van der Waals surface area contributed by atoms with E-state index in [-0.39, 0.29) is 6.61 Å². The highest BCUT2D eigenvalue weighted by atomic mass is 32.1. The van der Waals surface area contributed by atoms with Crippen molar-refractivity contribution in [2.75, 3.05) is 6.61 Å². The number of aliphatic hydroxyl groups excluding tert-OH is 1. The van der Waals surface area contributed by atoms with Gasteiger partial charge in [-0.25, -0.2) is 0 Å². The number of benzene rings is 1. The van der Waals surface area contributed by atoms with Crippen LogP contribution in [0.2, 0.25) is 0 Å². The normalized spacial score (nSPS) is 10.4. The zero-order valence-corrected chi connectivity index (χ0v) is 9.96. The molecule has 1 aromatic heterocycles. The molecule has 0 radical (unpaired) electrons. The van der Waals surface area contributed by atoms with Gasteiger partial charge in [0.1, 0.15) is 5.75 Å². The molecule has 0 saturated heterocycles. The summed E-state index contributed by atoms with van der Waals surface area (Å²) in [5.74, 6) is 0.811. The number of hydrogen-bond acceptors (Lipinski definition) is 3. The first-order valence-electron chi connectivity index (χ1n) is 5.24. The Labute approximate surface area is 99.1 Å². The molecule has 0 spiro atoms. The molecule has 0 aliphatic carbocycles. The molecule has 2 nitrogen and oxygen atoms in total. The second-order valence-corrected chi connectivity index (χ2v) is 4.20. The fourth-order valence-electron chi connectivity index (χ4n) is 1.66. The Balaban J connectivity index is 2.39. The molecule has 0 aliphatic heterocycles. The van der Waals surface area contributed by atoms with Crippen LogP contribution in [-0.4, -0.2) is 11.7 Å². The molecule has 3 heteroatoms. The fraction of sp³-hybridized carbons (Fsp3) is 0.231. The van der Waals surface area contributed by atoms with Gasteiger partial charge in [0.05, 0.1) is 13.2 Å². The molecule has 0 amide bonds. The summed E-state index contributed by atoms with van der Waals surface area (Å²) in [6.07, 6.45) is 0. The van der Waals surface area contributed by atoms with E-state index in [0.717, 1.165) is 22.4 Å². The van der Waals surface area contributed by atoms with E-state index >= 15 is 0 Å². The molecular weight excluding hydrogens is 220 g/mol. The van der Waals surface area contributed by atoms with E-state index in [0.29, 0.717) is 6.61 Å². The topological polar surface area (TPSA) is 29.5 Å². The fourth-order valence-corrected chi connectivity index (χ4v) is 2.31. The third kappa shape index (κ3) is 2.26. The van der Waals surface area contributed by atoms with Crippen LogP contribution in [0.5, 0.6) is 5.75 Å². The summed E-state index contributed by atoms with van der Waals surface area (Å²) in [5, 5.41) is 13.5. The van der Waals surface area contributed by atoms with E-state index in [9.17, 15) is 5.11 Å². The standard InChI is InChI=1S/C13H14O2S/c1-2-15-12-3-4-13(11(7-12)8-14)10-5-6-16-9-10/h3-7,9,14H,2,8H2,1H3. The molecule has 84 valence electrons. The lowest BCUT2D eigenvalue weighted by Crippen LogP contribution is -1.94. The minimum Gasteiger partial charge on any atom is -0.494 e. The minimum atomic E-state index is 0.0338. The Morgan fingerprint density at radius 2 is 2.19 bits per heavy atom. The predicted molar refractivity (Wildman–Crippen MR) is 66.8 cm³/mol. The summed E-state index contributed by atoms with van der Waals surface area (Å²) in [6, 6.07) is 7.89. The zero-order valence-electron chi connectivity index (χ0n) is 9.14. The van der Waals surface area contributed by atoms with Crippen molar-refractivity contribution in [1.82, 2.24) is 0 Å². The van der Waals surface area contributed by atoms with Crippen LogP contribution in [0.1, 0.15) is 12.5 Å². The van der Waals surface area contributed by atoms with E-state index in [1.54, 1.807) is 11.3 Å². The maximum Gasteiger partial charge on any atom is 0.119 e. The smallest absolute Gasteiger partial charge is 0.119 e. The van der Waals surface area contributed by atoms with E-state index in [4.69, 9.17) is 4.74 Å². The maximum atomic E-state index is 9.36. The lowest BCUT2D eigenvalue weighted by molar-refractivity contribution is 0.280. The van der Waals surface area contributed by atoms with Crippen molar-refractivity contribution in [2.24, 2.45) is 0 Å². The van der Waals surface area contributed by atoms with E-state index in [1.165, 1.54) is 0 Å². The van der Waals surface area contributed by atoms with Gasteiger partial charge in [-0.3, -0.25) is 0 Å². The molecule has 0 atom stereocenters. The summed E-state index contributed by atoms with van der Waals surface area (Å²) in [6.45, 7) is 2.63. The number of ether oxygens (including phenoxy) is 1. The highest BCUT2D eigenvalue weighted by molar-refractivity contribution is 7.08. The van der Waals surface area contributed by atoms with Crippen molar-refractivity contribution in [1.29, 1.82) is 0 Å². The molecular formula is C13H14O2S. The molecule has 1 heterocycles. The molecule has 0 saturated carbocycles. The molecule has 2 aromatic rings. The summed E-state index contributed by atoms with van der Waals surface area (Å²) in [5.41, 5.74) is 3.13. The Morgan fingerprint density at radius 3 is 2.81 bits per heavy atom. The Bertz CT molecular complexity index is 449. The van der Waals surface area contributed by atoms with Gasteiger partial charge in [-0.1, -0.05) is 6.07 Å². The first kappa shape index (κ1) is 11.2. The molecule has 2 rings (SSSR count). The van der Waals surface area contributed by atoms with Gasteiger partial charge in [0.15, 0.2) is 0 Å². The molecule has 0 aliphatic rings. The first-order chi connectivity index (χ1) is 7.85. The minimum absolute atomic E-state index is 0.0338. The summed E-state index contributed by atoms with van der Waals surface area (Å²) in [7, 11) is 0. The van der Waals surface area contributed by atoms with Crippen molar-refractivity contribution in [3.05, 3.63) is 40.6 Å². The zero-order chi connectivity index (χ0) is 11.4. The van der Waals surface area contributed by atoms with Crippen LogP contribution in [0.15, 0.2) is 35.0 Å². The van der Waals surface area contributed by atoms with E-state index in [2.05, 4.69) is 11.4 Å². The van der Waals surface area contributed by atoms with E-state index in [1.807, 2.05) is 30.5 Å². The average Bonchev–Trinajstić information content (AvgIpc) is 2.83. The van der Waals surface area contributed by atoms with Crippen molar-refractivity contribution >= 4 is 11.3 Å². The van der Waals surface area contributed by atoms with Crippen LogP contribution in [0.3, 0.4) is 0 Å². The molecule has 1 N–H and O–H groups in total. The van der Waals surface area contributed by atoms with Crippen LogP contribution < -0.4 is 4.74 Å². The second-order valence-electron chi connectivity index (χ2n) is 3.42. The monoisotopic (exact) mass is 234 g/mol. The number of aliphatic hydroxyl groups is 1. The molecule has 16 heavy (non-hydrogen) atoms. The lowest BCUT2D eigenvalue weighted by atomic mass is 10.0. The van der Waals surface area contributed by atoms with Crippen LogP contribution in [0.25, 0.3) is 11.1 Å². The summed E-state index contributed by atoms with van der Waals surface area (Å²) >= 11 is 1.66. The lowest BCUT2D eigenvalue weighted by Gasteiger charge is -2.09. The summed E-state index contributed by atoms with van der Waals surface area (Å²) in [4.78, 5) is 0. The van der Waals surface area contributed by atoms with Crippen molar-refractivity contribution in [3.63, 3.8) is 0 Å². The average molecular weight is 234 g/mol. The van der Waals surface area contributed by atoms with Gasteiger partial charge in [0.25, 0.3) is 0 Å². The van der Waals surface area contributed by atoms with Crippen molar-refractivity contribution in [2.45, 2.75) is 13.5 Å². The molecule has 0 unspecified atom stereocenters. The first-order valence-corrected chi connectivity index (χ1v) is 6.18. The SMILES string of the molecule is CCOc1ccc(-c2ccsc2)c(CO)c1. The van der Waals surface area contributed by atoms with Crippen molar-refractivity contribution in [3.8, 4) is 16.9 Å². The van der Waals surface area contributed by atoms with Crippen molar-refractivity contribution < 1.29 is 9.84 Å². The predicted octanol–water partition coefficient (Wildman–Crippen LogP) is 3.31. The van der Waals surface area contributed by atoms with Gasteiger partial charge in [0, 0.05) is 0 Å². The number of hydrogen-bond donors (Lipinski definition) is 1. The Hall–Kier alpha value is -1.32. The van der Waals surface area contributed by atoms with Crippen LogP contribution in [0.4, 0.5) is 0 Å². The Kier molecular flexibility index (Phi) is 3.59. The van der Waals surface area contributed by atoms with Crippen LogP contribution >= 0.6 is 11.3 Å². The van der Waals surface area contributed by atoms with Gasteiger partial charge in [0.2, 0.25) is 0 Å². The highest BCUT2D eigenvalue weighted by Crippen LogP contribution is 2.29. The van der Waals surface area contributed by atoms with Gasteiger partial charge >= 0.3 is 0 Å². The molecule has 1 aromatic carbocycles. The largest absolute Gasteiger partial charge is 0.494 e. The van der Waals surface area contributed by atoms with Gasteiger partial charge in [-0.05, 0) is 52.6 Å². The number of thiophene rings is 1. The third-order valence-corrected chi connectivity index (χ3v) is 3.07. The van der Waals surface area contributed by atoms with Gasteiger partial charge in [-0.15, -0.1) is 0 Å². The highest BCUT2D eigenvalue weighted by Gasteiger charge is 2.06.